The number of nitrogens with one attached hydrogen (secondary N) is 3. The van der Waals surface area contributed by atoms with Crippen LogP contribution in [0.25, 0.3) is 11.1 Å². The maximum absolute atomic E-state index is 14.1. The molecule has 1 saturated heterocycles. The third kappa shape index (κ3) is 15.9. The van der Waals surface area contributed by atoms with Gasteiger partial charge >= 0.3 is 0 Å². The van der Waals surface area contributed by atoms with Gasteiger partial charge in [-0.3, -0.25) is 15.0 Å². The number of nitrogens with two attached hydrogens (primary N) is 1. The maximum atomic E-state index is 14.1. The topological polar surface area (TPSA) is 175 Å². The Labute approximate surface area is 322 Å². The van der Waals surface area contributed by atoms with Gasteiger partial charge in [0.25, 0.3) is 5.92 Å². The number of fused-ring (bicyclic) bond motifs is 3. The zero-order valence-electron chi connectivity index (χ0n) is 31.8. The van der Waals surface area contributed by atoms with Crippen molar-refractivity contribution in [1.29, 1.82) is 5.41 Å². The van der Waals surface area contributed by atoms with Crippen LogP contribution < -0.4 is 16.4 Å². The number of hydrogen-bond donors (Lipinski definition) is 5. The molecule has 0 saturated carbocycles. The number of thiophene rings is 1. The quantitative estimate of drug-likeness (QED) is 0.0529. The average molecular weight is 774 g/mol. The van der Waals surface area contributed by atoms with E-state index in [2.05, 4.69) is 34.7 Å². The van der Waals surface area contributed by atoms with Crippen molar-refractivity contribution in [3.63, 3.8) is 0 Å². The molecule has 1 aromatic heterocycles. The fraction of sp³-hybridized carbons (Fsp3) is 0.475. The van der Waals surface area contributed by atoms with Crippen molar-refractivity contribution in [2.75, 3.05) is 40.5 Å². The second-order valence-electron chi connectivity index (χ2n) is 12.6. The number of ether oxygens (including phenoxy) is 1. The van der Waals surface area contributed by atoms with Gasteiger partial charge in [0, 0.05) is 55.1 Å². The van der Waals surface area contributed by atoms with Gasteiger partial charge in [0.05, 0.1) is 25.5 Å². The summed E-state index contributed by atoms with van der Waals surface area (Å²) in [4.78, 5) is 46.4. The normalized spacial score (nSPS) is 15.5. The van der Waals surface area contributed by atoms with Crippen molar-refractivity contribution >= 4 is 42.6 Å². The minimum atomic E-state index is -2.85. The summed E-state index contributed by atoms with van der Waals surface area (Å²) in [6.07, 6.45) is 9.45. The van der Waals surface area contributed by atoms with Crippen molar-refractivity contribution in [3.05, 3.63) is 81.0 Å². The van der Waals surface area contributed by atoms with E-state index in [1.165, 1.54) is 27.5 Å². The maximum Gasteiger partial charge on any atom is 0.299 e. The zero-order chi connectivity index (χ0) is 40.4. The van der Waals surface area contributed by atoms with E-state index in [1.807, 2.05) is 31.4 Å². The number of rotatable bonds is 16. The third-order valence-corrected chi connectivity index (χ3v) is 9.47. The Hall–Kier alpha value is -4.37. The van der Waals surface area contributed by atoms with E-state index in [1.54, 1.807) is 24.3 Å². The van der Waals surface area contributed by atoms with E-state index >= 15 is 0 Å². The van der Waals surface area contributed by atoms with Crippen LogP contribution in [0.4, 0.5) is 8.78 Å². The van der Waals surface area contributed by atoms with Crippen LogP contribution in [-0.2, 0) is 36.4 Å². The Kier molecular flexibility index (Phi) is 24.0. The molecule has 3 aromatic rings. The molecule has 54 heavy (non-hydrogen) atoms. The Morgan fingerprint density at radius 2 is 1.69 bits per heavy atom. The predicted octanol–water partition coefficient (Wildman–Crippen LogP) is 5.76. The molecule has 0 radical (unpaired) electrons. The lowest BCUT2D eigenvalue weighted by Crippen LogP contribution is -2.41. The summed E-state index contributed by atoms with van der Waals surface area (Å²) in [6, 6.07) is 13.6. The first-order chi connectivity index (χ1) is 26.1. The largest absolute Gasteiger partial charge is 0.400 e. The minimum Gasteiger partial charge on any atom is -0.400 e. The molecule has 298 valence electrons. The second-order valence-corrected chi connectivity index (χ2v) is 13.6. The molecular weight excluding hydrogens is 717 g/mol. The molecule has 2 unspecified atom stereocenters. The summed E-state index contributed by atoms with van der Waals surface area (Å²) in [7, 11) is 2.97. The Morgan fingerprint density at radius 1 is 1.02 bits per heavy atom. The number of nitrogens with zero attached hydrogens (tertiary/aromatic N) is 1. The molecule has 14 heteroatoms. The number of benzene rings is 2. The van der Waals surface area contributed by atoms with Crippen molar-refractivity contribution in [3.8, 4) is 11.1 Å². The van der Waals surface area contributed by atoms with Crippen molar-refractivity contribution < 1.29 is 37.8 Å². The van der Waals surface area contributed by atoms with E-state index in [-0.39, 0.29) is 29.5 Å². The highest BCUT2D eigenvalue weighted by atomic mass is 32.1. The summed E-state index contributed by atoms with van der Waals surface area (Å²) >= 11 is 1.81. The number of halogens is 2. The molecule has 2 heterocycles. The van der Waals surface area contributed by atoms with E-state index in [0.717, 1.165) is 70.2 Å². The van der Waals surface area contributed by atoms with Crippen LogP contribution >= 0.6 is 11.3 Å². The van der Waals surface area contributed by atoms with Crippen LogP contribution in [0.2, 0.25) is 0 Å². The standard InChI is InChI=1S/C17H28N2O5.C14H10F2.C7H11NS.CH4N2.CH4O/c20-7-5-3-1-2-4-6-8-24-13-15-9-16(12-21)19(11-15)17(23)10-18-14-22;1-9-6-7-13-11(8-9)10-4-2-3-5-12(10)14(13,15)16;1-6-3-7(4-8-2)9-5-6;2-1-3;1-2/h7,12,14-16H,1-6,8-11,13H2,(H,18,22);2-8H,1H3;3,5,8H,4H2,1-2H3;1H,(H3,2,3);2H,1H3. The number of aliphatic hydroxyl groups excluding tert-OH is 1. The average Bonchev–Trinajstić information content (AvgIpc) is 3.85. The van der Waals surface area contributed by atoms with Gasteiger partial charge in [-0.25, -0.2) is 0 Å². The van der Waals surface area contributed by atoms with E-state index in [4.69, 9.17) is 15.3 Å². The lowest BCUT2D eigenvalue weighted by atomic mass is 10.0. The summed E-state index contributed by atoms with van der Waals surface area (Å²) < 4.78 is 33.8. The van der Waals surface area contributed by atoms with Crippen molar-refractivity contribution in [2.24, 2.45) is 11.7 Å². The zero-order valence-corrected chi connectivity index (χ0v) is 32.6. The molecule has 6 N–H and O–H groups in total. The summed E-state index contributed by atoms with van der Waals surface area (Å²) in [5.74, 6) is -2.93. The Bertz CT molecular complexity index is 1560. The van der Waals surface area contributed by atoms with E-state index in [9.17, 15) is 28.0 Å². The Balaban J connectivity index is 0.000000414. The van der Waals surface area contributed by atoms with Crippen LogP contribution in [0, 0.1) is 25.2 Å². The molecule has 0 spiro atoms. The highest BCUT2D eigenvalue weighted by molar-refractivity contribution is 7.10. The van der Waals surface area contributed by atoms with Crippen molar-refractivity contribution in [1.82, 2.24) is 15.5 Å². The summed E-state index contributed by atoms with van der Waals surface area (Å²) in [5, 5.41) is 20.5. The van der Waals surface area contributed by atoms with Crippen LogP contribution in [0.15, 0.2) is 53.9 Å². The number of aldehydes is 2. The number of aliphatic hydroxyl groups is 1. The molecule has 5 rings (SSSR count). The number of hydrogen-bond acceptors (Lipinski definition) is 9. The molecule has 2 amide bonds. The molecule has 1 aliphatic heterocycles. The number of carbonyl (C=O) groups excluding carboxylic acids is 4. The smallest absolute Gasteiger partial charge is 0.299 e. The van der Waals surface area contributed by atoms with Crippen LogP contribution in [0.5, 0.6) is 0 Å². The van der Waals surface area contributed by atoms with E-state index < -0.39 is 12.0 Å². The first kappa shape index (κ1) is 47.7. The number of aryl methyl sites for hydroxylation is 2. The molecule has 2 atom stereocenters. The summed E-state index contributed by atoms with van der Waals surface area (Å²) in [5.41, 5.74) is 8.33. The molecule has 0 bridgehead atoms. The predicted molar refractivity (Wildman–Crippen MR) is 211 cm³/mol. The number of alkyl halides is 2. The van der Waals surface area contributed by atoms with Gasteiger partial charge in [0.2, 0.25) is 12.3 Å². The van der Waals surface area contributed by atoms with Crippen LogP contribution in [0.3, 0.4) is 0 Å². The first-order valence-corrected chi connectivity index (χ1v) is 18.8. The van der Waals surface area contributed by atoms with Crippen LogP contribution in [-0.4, -0.2) is 87.7 Å². The molecule has 1 fully saturated rings. The molecule has 11 nitrogen and oxygen atoms in total. The van der Waals surface area contributed by atoms with Gasteiger partial charge in [0.15, 0.2) is 0 Å². The van der Waals surface area contributed by atoms with Gasteiger partial charge in [-0.15, -0.1) is 11.3 Å². The molecule has 1 aliphatic carbocycles. The van der Waals surface area contributed by atoms with Gasteiger partial charge in [-0.1, -0.05) is 67.3 Å². The highest BCUT2D eigenvalue weighted by Crippen LogP contribution is 2.50. The molecule has 2 aromatic carbocycles. The number of amides is 2. The minimum absolute atomic E-state index is 0.0779. The number of unbranched alkanes of at least 4 members (excludes halogenated alkanes) is 5. The van der Waals surface area contributed by atoms with Gasteiger partial charge < -0.3 is 40.7 Å². The first-order valence-electron chi connectivity index (χ1n) is 17.9. The Morgan fingerprint density at radius 3 is 2.31 bits per heavy atom. The fourth-order valence-electron chi connectivity index (χ4n) is 5.99. The number of likely N-dealkylation sites (tertiary alicyclic amines) is 1. The highest BCUT2D eigenvalue weighted by Gasteiger charge is 2.43. The molecular formula is C40H57F2N5O6S. The fourth-order valence-corrected chi connectivity index (χ4v) is 6.87. The van der Waals surface area contributed by atoms with E-state index in [0.29, 0.717) is 50.1 Å². The van der Waals surface area contributed by atoms with Gasteiger partial charge in [-0.2, -0.15) is 8.78 Å². The lowest BCUT2D eigenvalue weighted by Gasteiger charge is -2.20. The van der Waals surface area contributed by atoms with Gasteiger partial charge in [0.1, 0.15) is 12.6 Å². The molecule has 2 aliphatic rings. The SMILES string of the molecule is CNCc1cc(C)cs1.CO.Cc1ccc2c(c1)-c1ccccc1C2(F)F.N=CN.O=CCCCCCCCOCC1CC(C=O)N(C(=O)CNC=O)C1. The monoisotopic (exact) mass is 773 g/mol. The second kappa shape index (κ2) is 27.2. The number of carbonyl (C=O) groups is 4. The summed E-state index contributed by atoms with van der Waals surface area (Å²) in [6.45, 7) is 6.67. The van der Waals surface area contributed by atoms with Crippen molar-refractivity contribution in [2.45, 2.75) is 77.3 Å². The van der Waals surface area contributed by atoms with Crippen LogP contribution in [0.1, 0.15) is 72.1 Å². The van der Waals surface area contributed by atoms with Gasteiger partial charge in [-0.05, 0) is 68.3 Å². The third-order valence-electron chi connectivity index (χ3n) is 8.41. The lowest BCUT2D eigenvalue weighted by molar-refractivity contribution is -0.134.